The molecule has 2 aromatic heterocycles. The highest BCUT2D eigenvalue weighted by molar-refractivity contribution is 6.05. The highest BCUT2D eigenvalue weighted by atomic mass is 16.5. The van der Waals surface area contributed by atoms with Gasteiger partial charge >= 0.3 is 5.97 Å². The van der Waals surface area contributed by atoms with Crippen LogP contribution in [0.4, 0.5) is 0 Å². The number of fused-ring (bicyclic) bond motifs is 1. The fraction of sp³-hybridized carbons (Fsp3) is 0.467. The average Bonchev–Trinajstić information content (AvgIpc) is 3.67. The molecule has 0 radical (unpaired) electrons. The molecule has 0 saturated heterocycles. The van der Waals surface area contributed by atoms with Crippen LogP contribution >= 0.6 is 0 Å². The summed E-state index contributed by atoms with van der Waals surface area (Å²) in [4.78, 5) is 34.9. The Hall–Kier alpha value is -3.48. The van der Waals surface area contributed by atoms with Crippen molar-refractivity contribution in [2.75, 3.05) is 6.61 Å². The van der Waals surface area contributed by atoms with Crippen LogP contribution in [0.25, 0.3) is 16.9 Å². The fourth-order valence-corrected chi connectivity index (χ4v) is 5.90. The molecule has 1 aromatic carbocycles. The summed E-state index contributed by atoms with van der Waals surface area (Å²) in [6.45, 7) is 2.14. The van der Waals surface area contributed by atoms with E-state index in [1.807, 2.05) is 25.3 Å². The Morgan fingerprint density at radius 3 is 2.65 bits per heavy atom. The molecule has 3 aliphatic carbocycles. The molecule has 1 atom stereocenters. The van der Waals surface area contributed by atoms with Crippen LogP contribution in [0.1, 0.15) is 63.3 Å². The van der Waals surface area contributed by atoms with Crippen molar-refractivity contribution in [2.45, 2.75) is 70.8 Å². The lowest BCUT2D eigenvalue weighted by Crippen LogP contribution is -2.52. The third-order valence-electron chi connectivity index (χ3n) is 8.16. The van der Waals surface area contributed by atoms with Crippen molar-refractivity contribution in [3.63, 3.8) is 0 Å². The zero-order chi connectivity index (χ0) is 25.4. The van der Waals surface area contributed by atoms with Gasteiger partial charge in [-0.1, -0.05) is 31.4 Å². The summed E-state index contributed by atoms with van der Waals surface area (Å²) < 4.78 is 7.57. The lowest BCUT2D eigenvalue weighted by molar-refractivity contribution is -0.146. The minimum atomic E-state index is -0.537. The van der Waals surface area contributed by atoms with E-state index in [-0.39, 0.29) is 11.8 Å². The van der Waals surface area contributed by atoms with Crippen molar-refractivity contribution < 1.29 is 14.3 Å². The first kappa shape index (κ1) is 23.9. The molecule has 2 saturated carbocycles. The number of pyridine rings is 1. The van der Waals surface area contributed by atoms with Gasteiger partial charge in [0.15, 0.2) is 11.4 Å². The van der Waals surface area contributed by atoms with E-state index >= 15 is 0 Å². The Balaban J connectivity index is 1.24. The van der Waals surface area contributed by atoms with Crippen molar-refractivity contribution in [2.24, 2.45) is 11.3 Å². The zero-order valence-electron chi connectivity index (χ0n) is 21.4. The molecular weight excluding hydrogens is 464 g/mol. The molecule has 37 heavy (non-hydrogen) atoms. The minimum Gasteiger partial charge on any atom is -0.464 e. The Bertz CT molecular complexity index is 1350. The van der Waals surface area contributed by atoms with Gasteiger partial charge in [-0.15, -0.1) is 0 Å². The number of ether oxygens (including phenoxy) is 1. The second-order valence-corrected chi connectivity index (χ2v) is 10.7. The zero-order valence-corrected chi connectivity index (χ0v) is 21.4. The number of carbonyl (C=O) groups is 2. The van der Waals surface area contributed by atoms with Gasteiger partial charge in [-0.05, 0) is 68.4 Å². The van der Waals surface area contributed by atoms with E-state index in [4.69, 9.17) is 9.72 Å². The molecular formula is C30H34N4O3. The third-order valence-corrected chi connectivity index (χ3v) is 8.16. The highest BCUT2D eigenvalue weighted by Crippen LogP contribution is 2.48. The first-order valence-corrected chi connectivity index (χ1v) is 13.7. The lowest BCUT2D eigenvalue weighted by Gasteiger charge is -2.44. The Morgan fingerprint density at radius 2 is 1.95 bits per heavy atom. The van der Waals surface area contributed by atoms with E-state index in [1.54, 1.807) is 6.08 Å². The van der Waals surface area contributed by atoms with Crippen LogP contribution in [0.3, 0.4) is 0 Å². The quantitative estimate of drug-likeness (QED) is 0.424. The van der Waals surface area contributed by atoms with Crippen molar-refractivity contribution in [3.05, 3.63) is 65.8 Å². The largest absolute Gasteiger partial charge is 0.464 e. The molecule has 3 aliphatic rings. The number of nitrogens with zero attached hydrogens (tertiary/aromatic N) is 3. The Kier molecular flexibility index (Phi) is 6.31. The molecule has 3 aromatic rings. The maximum Gasteiger partial charge on any atom is 0.328 e. The van der Waals surface area contributed by atoms with E-state index < -0.39 is 11.5 Å². The summed E-state index contributed by atoms with van der Waals surface area (Å²) in [5, 5.41) is 3.42. The van der Waals surface area contributed by atoms with Gasteiger partial charge in [0.05, 0.1) is 12.0 Å². The number of imidazole rings is 1. The van der Waals surface area contributed by atoms with Crippen molar-refractivity contribution in [1.29, 1.82) is 0 Å². The van der Waals surface area contributed by atoms with Gasteiger partial charge in [0, 0.05) is 36.5 Å². The first-order valence-electron chi connectivity index (χ1n) is 13.7. The van der Waals surface area contributed by atoms with Crippen LogP contribution in [0.2, 0.25) is 0 Å². The molecule has 2 fully saturated rings. The molecule has 7 nitrogen and oxygen atoms in total. The van der Waals surface area contributed by atoms with Gasteiger partial charge in [-0.25, -0.2) is 14.8 Å². The maximum absolute atomic E-state index is 12.9. The molecule has 2 heterocycles. The van der Waals surface area contributed by atoms with E-state index in [0.717, 1.165) is 66.0 Å². The van der Waals surface area contributed by atoms with E-state index in [0.29, 0.717) is 18.9 Å². The van der Waals surface area contributed by atoms with Crippen LogP contribution in [-0.2, 0) is 27.2 Å². The number of hydrogen-bond donors (Lipinski definition) is 1. The number of hydrogen-bond acceptors (Lipinski definition) is 6. The molecule has 1 N–H and O–H groups in total. The average molecular weight is 499 g/mol. The summed E-state index contributed by atoms with van der Waals surface area (Å²) in [5.41, 5.74) is 4.33. The fourth-order valence-electron chi connectivity index (χ4n) is 5.90. The smallest absolute Gasteiger partial charge is 0.328 e. The van der Waals surface area contributed by atoms with Gasteiger partial charge in [0.2, 0.25) is 0 Å². The SMILES string of the molecule is CCOC(=O)[C@H](Cc1ccc(-n2c(CC3CC3)nc3cccnc32)cc1)NC1=CC(=O)C12CCCCC2. The summed E-state index contributed by atoms with van der Waals surface area (Å²) in [6, 6.07) is 11.7. The molecule has 0 bridgehead atoms. The maximum atomic E-state index is 12.9. The molecule has 192 valence electrons. The monoisotopic (exact) mass is 498 g/mol. The molecule has 0 amide bonds. The van der Waals surface area contributed by atoms with E-state index in [1.165, 1.54) is 19.3 Å². The van der Waals surface area contributed by atoms with Crippen molar-refractivity contribution in [1.82, 2.24) is 19.9 Å². The van der Waals surface area contributed by atoms with Gasteiger partial charge < -0.3 is 10.1 Å². The number of allylic oxidation sites excluding steroid dienone is 2. The summed E-state index contributed by atoms with van der Waals surface area (Å²) in [6.07, 6.45) is 12.5. The Morgan fingerprint density at radius 1 is 1.16 bits per heavy atom. The summed E-state index contributed by atoms with van der Waals surface area (Å²) >= 11 is 0. The molecule has 6 rings (SSSR count). The number of rotatable bonds is 9. The number of aromatic nitrogens is 3. The molecule has 0 aliphatic heterocycles. The van der Waals surface area contributed by atoms with Crippen LogP contribution in [0, 0.1) is 11.3 Å². The van der Waals surface area contributed by atoms with Crippen molar-refractivity contribution >= 4 is 22.9 Å². The topological polar surface area (TPSA) is 86.1 Å². The van der Waals surface area contributed by atoms with Gasteiger partial charge in [0.1, 0.15) is 17.4 Å². The van der Waals surface area contributed by atoms with Crippen LogP contribution in [0.15, 0.2) is 54.4 Å². The third kappa shape index (κ3) is 4.56. The number of nitrogens with one attached hydrogen (secondary N) is 1. The number of carbonyl (C=O) groups excluding carboxylic acids is 2. The first-order chi connectivity index (χ1) is 18.1. The predicted octanol–water partition coefficient (Wildman–Crippen LogP) is 4.85. The lowest BCUT2D eigenvalue weighted by atomic mass is 9.62. The highest BCUT2D eigenvalue weighted by Gasteiger charge is 2.49. The molecule has 7 heteroatoms. The van der Waals surface area contributed by atoms with E-state index in [2.05, 4.69) is 39.1 Å². The van der Waals surface area contributed by atoms with Gasteiger partial charge in [-0.3, -0.25) is 9.36 Å². The van der Waals surface area contributed by atoms with E-state index in [9.17, 15) is 9.59 Å². The van der Waals surface area contributed by atoms with Gasteiger partial charge in [-0.2, -0.15) is 0 Å². The predicted molar refractivity (Wildman–Crippen MR) is 141 cm³/mol. The summed E-state index contributed by atoms with van der Waals surface area (Å²) in [7, 11) is 0. The number of benzene rings is 1. The minimum absolute atomic E-state index is 0.199. The normalized spacial score (nSPS) is 19.4. The van der Waals surface area contributed by atoms with Gasteiger partial charge in [0.25, 0.3) is 0 Å². The Labute approximate surface area is 217 Å². The van der Waals surface area contributed by atoms with Crippen LogP contribution < -0.4 is 5.32 Å². The van der Waals surface area contributed by atoms with Crippen LogP contribution in [-0.4, -0.2) is 38.9 Å². The standard InChI is InChI=1S/C30H34N4O3/c1-2-37-29(36)24(32-25-19-26(35)30(25)14-4-3-5-15-30)17-20-10-12-22(13-11-20)34-27(18-21-8-9-21)33-23-7-6-16-31-28(23)34/h6-7,10-13,16,19,21,24,32H,2-5,8-9,14-15,17-18H2,1H3/t24-/m0/s1. The second kappa shape index (κ2) is 9.77. The molecule has 0 unspecified atom stereocenters. The second-order valence-electron chi connectivity index (χ2n) is 10.7. The van der Waals surface area contributed by atoms with Crippen LogP contribution in [0.5, 0.6) is 0 Å². The van der Waals surface area contributed by atoms with Crippen molar-refractivity contribution in [3.8, 4) is 5.69 Å². The number of esters is 1. The molecule has 1 spiro atoms. The summed E-state index contributed by atoms with van der Waals surface area (Å²) in [5.74, 6) is 1.68. The number of ketones is 1.